The van der Waals surface area contributed by atoms with Crippen LogP contribution in [0.15, 0.2) is 18.2 Å². The van der Waals surface area contributed by atoms with Gasteiger partial charge in [-0.3, -0.25) is 10.1 Å². The molecule has 0 bridgehead atoms. The Morgan fingerprint density at radius 1 is 1.50 bits per heavy atom. The maximum Gasteiger partial charge on any atom is 0.391 e. The number of alkyl halides is 3. The van der Waals surface area contributed by atoms with Gasteiger partial charge >= 0.3 is 6.18 Å². The second-order valence-electron chi connectivity index (χ2n) is 3.78. The van der Waals surface area contributed by atoms with Crippen LogP contribution < -0.4 is 5.32 Å². The Kier molecular flexibility index (Phi) is 4.39. The number of benzene rings is 1. The number of nitrogens with one attached hydrogen (secondary N) is 1. The monoisotopic (exact) mass is 282 g/mol. The Labute approximate surface area is 106 Å². The van der Waals surface area contributed by atoms with E-state index in [1.54, 1.807) is 0 Å². The fourth-order valence-corrected chi connectivity index (χ4v) is 1.61. The van der Waals surface area contributed by atoms with E-state index in [0.29, 0.717) is 0 Å². The van der Waals surface area contributed by atoms with Crippen molar-refractivity contribution in [1.82, 2.24) is 0 Å². The summed E-state index contributed by atoms with van der Waals surface area (Å²) in [6, 6.07) is 2.78. The molecule has 1 rings (SSSR count). The van der Waals surface area contributed by atoms with Crippen molar-refractivity contribution >= 4 is 23.0 Å². The molecule has 1 aromatic rings. The van der Waals surface area contributed by atoms with Crippen LogP contribution in [0.25, 0.3) is 0 Å². The van der Waals surface area contributed by atoms with Gasteiger partial charge in [0.05, 0.1) is 11.3 Å². The van der Waals surface area contributed by atoms with Crippen LogP contribution in [0, 0.1) is 10.1 Å². The van der Waals surface area contributed by atoms with Gasteiger partial charge in [-0.2, -0.15) is 13.2 Å². The number of hydrogen-bond acceptors (Lipinski definition) is 3. The molecule has 0 amide bonds. The summed E-state index contributed by atoms with van der Waals surface area (Å²) in [5, 5.41) is 13.3. The second-order valence-corrected chi connectivity index (χ2v) is 4.22. The first-order valence-electron chi connectivity index (χ1n) is 4.96. The third kappa shape index (κ3) is 4.40. The van der Waals surface area contributed by atoms with Crippen molar-refractivity contribution in [3.05, 3.63) is 33.3 Å². The number of rotatable bonds is 4. The van der Waals surface area contributed by atoms with Gasteiger partial charge in [-0.15, -0.1) is 0 Å². The number of nitrogens with zero attached hydrogens (tertiary/aromatic N) is 1. The van der Waals surface area contributed by atoms with Gasteiger partial charge in [0.1, 0.15) is 5.69 Å². The molecule has 0 saturated heterocycles. The predicted molar refractivity (Wildman–Crippen MR) is 61.9 cm³/mol. The predicted octanol–water partition coefficient (Wildman–Crippen LogP) is 4.00. The van der Waals surface area contributed by atoms with Crippen molar-refractivity contribution in [2.24, 2.45) is 0 Å². The third-order valence-electron chi connectivity index (χ3n) is 2.10. The van der Waals surface area contributed by atoms with Crippen LogP contribution in [-0.2, 0) is 0 Å². The highest BCUT2D eigenvalue weighted by molar-refractivity contribution is 6.30. The molecule has 0 aromatic heterocycles. The third-order valence-corrected chi connectivity index (χ3v) is 2.33. The molecule has 0 heterocycles. The van der Waals surface area contributed by atoms with Crippen LogP contribution >= 0.6 is 11.6 Å². The summed E-state index contributed by atoms with van der Waals surface area (Å²) in [5.41, 5.74) is -0.335. The molecular formula is C10H10ClF3N2O2. The minimum Gasteiger partial charge on any atom is -0.377 e. The Bertz CT molecular complexity index is 451. The van der Waals surface area contributed by atoms with E-state index in [-0.39, 0.29) is 16.4 Å². The molecule has 8 heteroatoms. The van der Waals surface area contributed by atoms with E-state index >= 15 is 0 Å². The first-order chi connectivity index (χ1) is 8.19. The Morgan fingerprint density at radius 2 is 2.11 bits per heavy atom. The van der Waals surface area contributed by atoms with E-state index < -0.39 is 23.6 Å². The second kappa shape index (κ2) is 5.43. The minimum absolute atomic E-state index is 0.0150. The van der Waals surface area contributed by atoms with Crippen LogP contribution in [0.3, 0.4) is 0 Å². The van der Waals surface area contributed by atoms with E-state index in [1.165, 1.54) is 19.1 Å². The molecule has 100 valence electrons. The first-order valence-corrected chi connectivity index (χ1v) is 5.34. The minimum atomic E-state index is -4.33. The molecule has 18 heavy (non-hydrogen) atoms. The van der Waals surface area contributed by atoms with Gasteiger partial charge in [-0.05, 0) is 19.1 Å². The first kappa shape index (κ1) is 14.6. The van der Waals surface area contributed by atoms with Crippen LogP contribution in [-0.4, -0.2) is 17.1 Å². The van der Waals surface area contributed by atoms with Crippen molar-refractivity contribution in [1.29, 1.82) is 0 Å². The smallest absolute Gasteiger partial charge is 0.377 e. The maximum absolute atomic E-state index is 12.1. The van der Waals surface area contributed by atoms with Crippen molar-refractivity contribution in [2.75, 3.05) is 5.32 Å². The number of hydrogen-bond donors (Lipinski definition) is 1. The Hall–Kier alpha value is -1.50. The lowest BCUT2D eigenvalue weighted by Gasteiger charge is -2.16. The average Bonchev–Trinajstić information content (AvgIpc) is 2.17. The SMILES string of the molecule is CC(CC(F)(F)F)Nc1ccc(Cl)cc1[N+](=O)[O-]. The van der Waals surface area contributed by atoms with Crippen molar-refractivity contribution < 1.29 is 18.1 Å². The standard InChI is InChI=1S/C10H10ClF3N2O2/c1-6(5-10(12,13)14)15-8-3-2-7(11)4-9(8)16(17)18/h2-4,6,15H,5H2,1H3. The quantitative estimate of drug-likeness (QED) is 0.671. The number of nitro groups is 1. The topological polar surface area (TPSA) is 55.2 Å². The zero-order valence-corrected chi connectivity index (χ0v) is 10.0. The lowest BCUT2D eigenvalue weighted by molar-refractivity contribution is -0.384. The van der Waals surface area contributed by atoms with Gasteiger partial charge in [0.15, 0.2) is 0 Å². The summed E-state index contributed by atoms with van der Waals surface area (Å²) < 4.78 is 36.4. The normalized spacial score (nSPS) is 13.2. The molecule has 4 nitrogen and oxygen atoms in total. The highest BCUT2D eigenvalue weighted by Crippen LogP contribution is 2.30. The molecule has 1 unspecified atom stereocenters. The van der Waals surface area contributed by atoms with E-state index in [0.717, 1.165) is 6.07 Å². The van der Waals surface area contributed by atoms with Gasteiger partial charge in [0, 0.05) is 17.1 Å². The summed E-state index contributed by atoms with van der Waals surface area (Å²) >= 11 is 5.59. The average molecular weight is 283 g/mol. The largest absolute Gasteiger partial charge is 0.391 e. The van der Waals surface area contributed by atoms with Gasteiger partial charge in [0.2, 0.25) is 0 Å². The molecule has 1 atom stereocenters. The molecule has 0 aliphatic heterocycles. The summed E-state index contributed by atoms with van der Waals surface area (Å²) in [5.74, 6) is 0. The van der Waals surface area contributed by atoms with Crippen LogP contribution in [0.5, 0.6) is 0 Å². The number of nitro benzene ring substituents is 1. The molecule has 0 fully saturated rings. The zero-order valence-electron chi connectivity index (χ0n) is 9.29. The van der Waals surface area contributed by atoms with Gasteiger partial charge in [-0.25, -0.2) is 0 Å². The van der Waals surface area contributed by atoms with Crippen molar-refractivity contribution in [3.63, 3.8) is 0 Å². The molecule has 0 radical (unpaired) electrons. The summed E-state index contributed by atoms with van der Waals surface area (Å²) in [6.45, 7) is 1.30. The molecule has 0 aliphatic carbocycles. The van der Waals surface area contributed by atoms with E-state index in [1.807, 2.05) is 0 Å². The highest BCUT2D eigenvalue weighted by atomic mass is 35.5. The number of halogens is 4. The molecule has 0 aliphatic rings. The van der Waals surface area contributed by atoms with Gasteiger partial charge in [0.25, 0.3) is 5.69 Å². The number of anilines is 1. The molecule has 1 N–H and O–H groups in total. The maximum atomic E-state index is 12.1. The Balaban J connectivity index is 2.87. The fraction of sp³-hybridized carbons (Fsp3) is 0.400. The molecular weight excluding hydrogens is 273 g/mol. The summed E-state index contributed by atoms with van der Waals surface area (Å²) in [6.07, 6.45) is -5.40. The molecule has 0 spiro atoms. The lowest BCUT2D eigenvalue weighted by atomic mass is 10.2. The highest BCUT2D eigenvalue weighted by Gasteiger charge is 2.30. The van der Waals surface area contributed by atoms with E-state index in [9.17, 15) is 23.3 Å². The van der Waals surface area contributed by atoms with Crippen molar-refractivity contribution in [3.8, 4) is 0 Å². The van der Waals surface area contributed by atoms with E-state index in [4.69, 9.17) is 11.6 Å². The summed E-state index contributed by atoms with van der Waals surface area (Å²) in [7, 11) is 0. The zero-order chi connectivity index (χ0) is 13.9. The van der Waals surface area contributed by atoms with Crippen molar-refractivity contribution in [2.45, 2.75) is 25.6 Å². The van der Waals surface area contributed by atoms with Crippen LogP contribution in [0.1, 0.15) is 13.3 Å². The van der Waals surface area contributed by atoms with Gasteiger partial charge < -0.3 is 5.32 Å². The Morgan fingerprint density at radius 3 is 2.61 bits per heavy atom. The van der Waals surface area contributed by atoms with Crippen LogP contribution in [0.4, 0.5) is 24.5 Å². The molecule has 0 saturated carbocycles. The van der Waals surface area contributed by atoms with E-state index in [2.05, 4.69) is 5.32 Å². The fourth-order valence-electron chi connectivity index (χ4n) is 1.44. The molecule has 1 aromatic carbocycles. The van der Waals surface area contributed by atoms with Crippen LogP contribution in [0.2, 0.25) is 5.02 Å². The summed E-state index contributed by atoms with van der Waals surface area (Å²) in [4.78, 5) is 10.0. The lowest BCUT2D eigenvalue weighted by Crippen LogP contribution is -2.24. The van der Waals surface area contributed by atoms with Gasteiger partial charge in [-0.1, -0.05) is 11.6 Å².